The van der Waals surface area contributed by atoms with Crippen molar-refractivity contribution in [1.29, 1.82) is 0 Å². The fourth-order valence-corrected chi connectivity index (χ4v) is 5.89. The zero-order chi connectivity index (χ0) is 29.3. The predicted molar refractivity (Wildman–Crippen MR) is 171 cm³/mol. The first-order chi connectivity index (χ1) is 19.8. The molecule has 0 unspecified atom stereocenters. The SMILES string of the molecule is CC.CCc1cccc(CC)c1-n1nc2c(c1-c1ccc(Cl)c3[nH]ccc13)CN(c1ncc(C(C)(C)C)cn1)CC2. The molecule has 3 aromatic heterocycles. The van der Waals surface area contributed by atoms with Crippen LogP contribution < -0.4 is 4.90 Å². The normalized spacial score (nSPS) is 13.2. The predicted octanol–water partition coefficient (Wildman–Crippen LogP) is 8.48. The molecule has 0 spiro atoms. The van der Waals surface area contributed by atoms with Crippen molar-refractivity contribution in [3.63, 3.8) is 0 Å². The molecule has 5 aromatic rings. The molecule has 6 rings (SSSR count). The Morgan fingerprint density at radius 1 is 0.951 bits per heavy atom. The van der Waals surface area contributed by atoms with Gasteiger partial charge in [0.2, 0.25) is 5.95 Å². The van der Waals surface area contributed by atoms with Crippen molar-refractivity contribution < 1.29 is 0 Å². The van der Waals surface area contributed by atoms with Gasteiger partial charge in [-0.3, -0.25) is 0 Å². The van der Waals surface area contributed by atoms with Crippen LogP contribution in [0.25, 0.3) is 27.8 Å². The van der Waals surface area contributed by atoms with Crippen LogP contribution in [0, 0.1) is 0 Å². The van der Waals surface area contributed by atoms with Crippen LogP contribution in [0.4, 0.5) is 5.95 Å². The number of halogens is 1. The van der Waals surface area contributed by atoms with Gasteiger partial charge in [-0.2, -0.15) is 5.10 Å². The standard InChI is InChI=1S/C32H35ClN6.C2H6/c1-6-20-9-8-10-21(7-2)29(20)39-30(24-11-12-26(33)28-23(24)13-15-34-28)25-19-38(16-14-27(25)37-39)31-35-17-22(18-36-31)32(3,4)5;1-2/h8-13,15,17-18,34H,6-7,14,16,19H2,1-5H3;1-2H3. The van der Waals surface area contributed by atoms with Crippen molar-refractivity contribution in [1.82, 2.24) is 24.7 Å². The third kappa shape index (κ3) is 5.26. The molecule has 6 nitrogen and oxygen atoms in total. The van der Waals surface area contributed by atoms with Gasteiger partial charge < -0.3 is 9.88 Å². The molecule has 0 bridgehead atoms. The van der Waals surface area contributed by atoms with Crippen LogP contribution in [0.5, 0.6) is 0 Å². The average molecular weight is 569 g/mol. The lowest BCUT2D eigenvalue weighted by Gasteiger charge is -2.28. The summed E-state index contributed by atoms with van der Waals surface area (Å²) in [5.74, 6) is 0.762. The first-order valence-corrected chi connectivity index (χ1v) is 15.2. The van der Waals surface area contributed by atoms with E-state index in [-0.39, 0.29) is 5.41 Å². The van der Waals surface area contributed by atoms with E-state index < -0.39 is 0 Å². The topological polar surface area (TPSA) is 62.6 Å². The molecule has 1 aliphatic rings. The maximum Gasteiger partial charge on any atom is 0.225 e. The van der Waals surface area contributed by atoms with Gasteiger partial charge in [-0.05, 0) is 47.1 Å². The van der Waals surface area contributed by atoms with Crippen LogP contribution in [-0.4, -0.2) is 31.3 Å². The van der Waals surface area contributed by atoms with Crippen LogP contribution >= 0.6 is 11.6 Å². The molecule has 0 saturated carbocycles. The van der Waals surface area contributed by atoms with Crippen molar-refractivity contribution >= 4 is 28.5 Å². The van der Waals surface area contributed by atoms with Crippen molar-refractivity contribution in [2.24, 2.45) is 0 Å². The van der Waals surface area contributed by atoms with Crippen LogP contribution in [0.15, 0.2) is 55.0 Å². The van der Waals surface area contributed by atoms with E-state index in [1.54, 1.807) is 0 Å². The quantitative estimate of drug-likeness (QED) is 0.231. The summed E-state index contributed by atoms with van der Waals surface area (Å²) < 4.78 is 2.21. The summed E-state index contributed by atoms with van der Waals surface area (Å²) in [6.45, 7) is 16.5. The molecule has 1 N–H and O–H groups in total. The molecular formula is C34H41ClN6. The van der Waals surface area contributed by atoms with Gasteiger partial charge in [0.25, 0.3) is 0 Å². The summed E-state index contributed by atoms with van der Waals surface area (Å²) in [7, 11) is 0. The van der Waals surface area contributed by atoms with Crippen molar-refractivity contribution in [2.75, 3.05) is 11.4 Å². The van der Waals surface area contributed by atoms with E-state index in [9.17, 15) is 0 Å². The van der Waals surface area contributed by atoms with Crippen molar-refractivity contribution in [3.05, 3.63) is 88.0 Å². The number of fused-ring (bicyclic) bond motifs is 2. The molecule has 4 heterocycles. The Kier molecular flexibility index (Phi) is 8.23. The minimum Gasteiger partial charge on any atom is -0.360 e. The molecule has 41 heavy (non-hydrogen) atoms. The summed E-state index contributed by atoms with van der Waals surface area (Å²) in [6, 6.07) is 12.9. The molecule has 0 amide bonds. The number of aryl methyl sites for hydroxylation is 2. The van der Waals surface area contributed by atoms with E-state index >= 15 is 0 Å². The van der Waals surface area contributed by atoms with Gasteiger partial charge in [0.1, 0.15) is 0 Å². The Hall–Kier alpha value is -3.64. The largest absolute Gasteiger partial charge is 0.360 e. The van der Waals surface area contributed by atoms with Gasteiger partial charge in [-0.15, -0.1) is 0 Å². The Bertz CT molecular complexity index is 1630. The number of para-hydroxylation sites is 1. The Morgan fingerprint density at radius 3 is 2.27 bits per heavy atom. The molecule has 214 valence electrons. The molecule has 0 fully saturated rings. The maximum absolute atomic E-state index is 6.60. The molecule has 0 aliphatic carbocycles. The Balaban J connectivity index is 0.00000165. The summed E-state index contributed by atoms with van der Waals surface area (Å²) in [5, 5.41) is 7.13. The summed E-state index contributed by atoms with van der Waals surface area (Å²) in [5.41, 5.74) is 10.5. The van der Waals surface area contributed by atoms with E-state index in [1.165, 1.54) is 22.4 Å². The summed E-state index contributed by atoms with van der Waals surface area (Å²) >= 11 is 6.60. The number of aromatic amines is 1. The number of H-pyrrole nitrogens is 1. The van der Waals surface area contributed by atoms with Gasteiger partial charge in [0.05, 0.1) is 27.6 Å². The lowest BCUT2D eigenvalue weighted by Crippen LogP contribution is -2.32. The highest BCUT2D eigenvalue weighted by Gasteiger charge is 2.30. The molecule has 0 atom stereocenters. The van der Waals surface area contributed by atoms with E-state index in [2.05, 4.69) is 79.5 Å². The number of hydrogen-bond donors (Lipinski definition) is 1. The van der Waals surface area contributed by atoms with Gasteiger partial charge in [0, 0.05) is 54.6 Å². The molecule has 0 radical (unpaired) electrons. The minimum absolute atomic E-state index is 0.0159. The second-order valence-corrected chi connectivity index (χ2v) is 11.8. The van der Waals surface area contributed by atoms with Gasteiger partial charge in [0.15, 0.2) is 0 Å². The number of rotatable bonds is 5. The number of nitrogens with one attached hydrogen (secondary N) is 1. The van der Waals surface area contributed by atoms with Crippen molar-refractivity contribution in [3.8, 4) is 16.9 Å². The second kappa shape index (κ2) is 11.7. The van der Waals surface area contributed by atoms with Crippen LogP contribution in [0.3, 0.4) is 0 Å². The monoisotopic (exact) mass is 568 g/mol. The number of nitrogens with zero attached hydrogens (tertiary/aromatic N) is 5. The van der Waals surface area contributed by atoms with Crippen molar-refractivity contribution in [2.45, 2.75) is 79.7 Å². The molecule has 1 aliphatic heterocycles. The first kappa shape index (κ1) is 28.9. The maximum atomic E-state index is 6.60. The highest BCUT2D eigenvalue weighted by Crippen LogP contribution is 2.40. The van der Waals surface area contributed by atoms with Crippen LogP contribution in [0.2, 0.25) is 5.02 Å². The summed E-state index contributed by atoms with van der Waals surface area (Å²) in [4.78, 5) is 15.2. The number of anilines is 1. The lowest BCUT2D eigenvalue weighted by molar-refractivity contribution is 0.582. The Labute approximate surface area is 248 Å². The van der Waals surface area contributed by atoms with Gasteiger partial charge >= 0.3 is 0 Å². The number of aromatic nitrogens is 5. The first-order valence-electron chi connectivity index (χ1n) is 14.9. The van der Waals surface area contributed by atoms with Gasteiger partial charge in [-0.25, -0.2) is 14.6 Å². The average Bonchev–Trinajstić information content (AvgIpc) is 3.63. The van der Waals surface area contributed by atoms with E-state index in [0.29, 0.717) is 6.54 Å². The fourth-order valence-electron chi connectivity index (χ4n) is 5.67. The molecule has 0 saturated heterocycles. The van der Waals surface area contributed by atoms with Crippen LogP contribution in [0.1, 0.15) is 76.4 Å². The zero-order valence-corrected chi connectivity index (χ0v) is 26.1. The van der Waals surface area contributed by atoms with Crippen LogP contribution in [-0.2, 0) is 31.2 Å². The smallest absolute Gasteiger partial charge is 0.225 e. The van der Waals surface area contributed by atoms with E-state index in [1.807, 2.05) is 38.5 Å². The Morgan fingerprint density at radius 2 is 1.63 bits per heavy atom. The van der Waals surface area contributed by atoms with E-state index in [0.717, 1.165) is 70.2 Å². The molecule has 7 heteroatoms. The highest BCUT2D eigenvalue weighted by atomic mass is 35.5. The zero-order valence-electron chi connectivity index (χ0n) is 25.3. The van der Waals surface area contributed by atoms with E-state index in [4.69, 9.17) is 26.7 Å². The number of hydrogen-bond acceptors (Lipinski definition) is 4. The molecular weight excluding hydrogens is 528 g/mol. The lowest BCUT2D eigenvalue weighted by atomic mass is 9.89. The second-order valence-electron chi connectivity index (χ2n) is 11.4. The fraction of sp³-hybridized carbons (Fsp3) is 0.382. The summed E-state index contributed by atoms with van der Waals surface area (Å²) in [6.07, 6.45) is 8.60. The minimum atomic E-state index is 0.0159. The highest BCUT2D eigenvalue weighted by molar-refractivity contribution is 6.35. The number of benzene rings is 2. The third-order valence-electron chi connectivity index (χ3n) is 7.93. The van der Waals surface area contributed by atoms with Gasteiger partial charge in [-0.1, -0.05) is 84.3 Å². The molecule has 2 aromatic carbocycles. The third-order valence-corrected chi connectivity index (χ3v) is 8.24.